The van der Waals surface area contributed by atoms with Crippen LogP contribution in [-0.2, 0) is 42.6 Å². The van der Waals surface area contributed by atoms with E-state index in [0.29, 0.717) is 53.4 Å². The molecular weight excluding hydrogens is 1180 g/mol. The van der Waals surface area contributed by atoms with E-state index < -0.39 is 29.0 Å². The van der Waals surface area contributed by atoms with Crippen LogP contribution in [0.4, 0.5) is 11.4 Å². The summed E-state index contributed by atoms with van der Waals surface area (Å²) in [5.74, 6) is 2.39. The zero-order valence-electron chi connectivity index (χ0n) is 55.2. The van der Waals surface area contributed by atoms with E-state index in [1.807, 2.05) is 66.4 Å². The van der Waals surface area contributed by atoms with Crippen LogP contribution < -0.4 is 25.6 Å². The van der Waals surface area contributed by atoms with E-state index >= 15 is 0 Å². The number of hydrogen-bond acceptors (Lipinski definition) is 15. The summed E-state index contributed by atoms with van der Waals surface area (Å²) in [7, 11) is 14.9. The van der Waals surface area contributed by atoms with Gasteiger partial charge >= 0.3 is 11.7 Å². The number of aromatic nitrogens is 4. The summed E-state index contributed by atoms with van der Waals surface area (Å²) in [6.45, 7) is 12.5. The molecule has 8 aromatic rings. The number of ether oxygens (including phenoxy) is 2. The number of aromatic hydroxyl groups is 2. The predicted molar refractivity (Wildman–Crippen MR) is 364 cm³/mol. The van der Waals surface area contributed by atoms with Gasteiger partial charge in [0.2, 0.25) is 0 Å². The second-order valence-corrected chi connectivity index (χ2v) is 27.4. The molecule has 488 valence electrons. The Kier molecular flexibility index (Phi) is 20.2. The summed E-state index contributed by atoms with van der Waals surface area (Å²) >= 11 is 1.87. The van der Waals surface area contributed by atoms with E-state index in [0.717, 1.165) is 89.1 Å². The molecule has 2 aromatic heterocycles. The van der Waals surface area contributed by atoms with Crippen LogP contribution >= 0.6 is 11.8 Å². The van der Waals surface area contributed by atoms with Gasteiger partial charge in [0.25, 0.3) is 5.56 Å². The molecule has 6 aliphatic rings. The number of anilines is 2. The van der Waals surface area contributed by atoms with Crippen LogP contribution in [0.5, 0.6) is 23.0 Å². The third-order valence-electron chi connectivity index (χ3n) is 19.8. The van der Waals surface area contributed by atoms with Gasteiger partial charge in [0.05, 0.1) is 41.7 Å². The van der Waals surface area contributed by atoms with E-state index in [4.69, 9.17) is 14.6 Å². The van der Waals surface area contributed by atoms with Gasteiger partial charge in [0.15, 0.2) is 34.6 Å². The highest BCUT2D eigenvalue weighted by molar-refractivity contribution is 7.99. The lowest BCUT2D eigenvalue weighted by molar-refractivity contribution is -0.188. The number of piperidine rings is 1. The third-order valence-corrected chi connectivity index (χ3v) is 20.9. The van der Waals surface area contributed by atoms with E-state index in [2.05, 4.69) is 128 Å². The van der Waals surface area contributed by atoms with Crippen LogP contribution in [-0.4, -0.2) is 151 Å². The Hall–Kier alpha value is -7.94. The first kappa shape index (κ1) is 67.0. The van der Waals surface area contributed by atoms with Crippen molar-refractivity contribution in [2.45, 2.75) is 123 Å². The zero-order valence-corrected chi connectivity index (χ0v) is 56.0. The number of likely N-dealkylation sites (N-methyl/N-ethyl adjacent to an activating group) is 1. The Morgan fingerprint density at radius 1 is 0.815 bits per heavy atom. The minimum atomic E-state index is -0.940. The van der Waals surface area contributed by atoms with Gasteiger partial charge in [0.1, 0.15) is 11.5 Å². The monoisotopic (exact) mass is 1270 g/mol. The van der Waals surface area contributed by atoms with Crippen molar-refractivity contribution in [2.24, 2.45) is 33.0 Å². The van der Waals surface area contributed by atoms with E-state index in [9.17, 15) is 34.5 Å². The summed E-state index contributed by atoms with van der Waals surface area (Å²) < 4.78 is 15.2. The first-order valence-electron chi connectivity index (χ1n) is 32.0. The number of methoxy groups -OCH3 is 1. The number of nitrogens with zero attached hydrogens (tertiary/aromatic N) is 8. The third kappa shape index (κ3) is 13.2. The number of imidazole rings is 1. The molecule has 1 spiro atoms. The van der Waals surface area contributed by atoms with Crippen LogP contribution in [0.1, 0.15) is 100 Å². The second kappa shape index (κ2) is 27.7. The first-order valence-corrected chi connectivity index (χ1v) is 32.8. The van der Waals surface area contributed by atoms with Crippen molar-refractivity contribution in [1.29, 1.82) is 0 Å². The SMILES string of the molecule is CC(CN1c2ccccc2Sc2ccccc21)N(C)C.CC[C@@H](c1cccc(O)c1)[C@@H](C)CN(C)C.COc1ccc2cc([C@H](C)C(=O)O)ccc2c1.Cn1c(=O)c2c(ncn2C)n(C)c1=O.O=C1CC[C@@]2(O)[C@H]3Cc4ccc(O)c5c4[C@@]2(CCN3CC2CC2)[C@H]1O5. The molecular formula is C73H90N8O10S. The van der Waals surface area contributed by atoms with Crippen LogP contribution in [0.2, 0.25) is 0 Å². The fraction of sp³-hybridized carbons (Fsp3) is 0.438. The van der Waals surface area contributed by atoms with Crippen molar-refractivity contribution in [2.75, 3.05) is 66.4 Å². The number of ketones is 1. The summed E-state index contributed by atoms with van der Waals surface area (Å²) in [6, 6.07) is 40.6. The Balaban J connectivity index is 0.000000128. The number of Topliss-reactive ketones (excluding diaryl/α,β-unsaturated/α-hetero) is 1. The maximum Gasteiger partial charge on any atom is 0.332 e. The molecule has 19 heteroatoms. The molecule has 92 heavy (non-hydrogen) atoms. The van der Waals surface area contributed by atoms with Gasteiger partial charge < -0.3 is 49.2 Å². The maximum atomic E-state index is 12.7. The smallest absolute Gasteiger partial charge is 0.332 e. The van der Waals surface area contributed by atoms with Gasteiger partial charge in [-0.1, -0.05) is 92.3 Å². The predicted octanol–water partition coefficient (Wildman–Crippen LogP) is 10.9. The summed E-state index contributed by atoms with van der Waals surface area (Å²) in [4.78, 5) is 62.9. The highest BCUT2D eigenvalue weighted by Crippen LogP contribution is 2.65. The number of likely N-dealkylation sites (tertiary alicyclic amines) is 1. The highest BCUT2D eigenvalue weighted by Gasteiger charge is 2.73. The normalized spacial score (nSPS) is 21.1. The quantitative estimate of drug-likeness (QED) is 0.0846. The summed E-state index contributed by atoms with van der Waals surface area (Å²) in [6.07, 6.45) is 6.96. The van der Waals surface area contributed by atoms with E-state index in [1.165, 1.54) is 57.5 Å². The number of carboxylic acid groups (broad SMARTS) is 1. The molecule has 1 saturated heterocycles. The van der Waals surface area contributed by atoms with Crippen LogP contribution in [0, 0.1) is 11.8 Å². The van der Waals surface area contributed by atoms with E-state index in [-0.39, 0.29) is 28.8 Å². The number of aliphatic carboxylic acids is 1. The van der Waals surface area contributed by atoms with Crippen molar-refractivity contribution in [1.82, 2.24) is 33.4 Å². The van der Waals surface area contributed by atoms with Gasteiger partial charge in [-0.05, 0) is 187 Å². The van der Waals surface area contributed by atoms with Crippen LogP contribution in [0.15, 0.2) is 147 Å². The number of aliphatic hydroxyl groups is 1. The van der Waals surface area contributed by atoms with Gasteiger partial charge in [-0.3, -0.25) is 28.4 Å². The lowest BCUT2D eigenvalue weighted by Crippen LogP contribution is -2.76. The van der Waals surface area contributed by atoms with Crippen molar-refractivity contribution in [3.8, 4) is 23.0 Å². The summed E-state index contributed by atoms with van der Waals surface area (Å²) in [5, 5.41) is 42.8. The number of carbonyl (C=O) groups excluding carboxylic acids is 1. The number of phenols is 2. The molecule has 3 aliphatic heterocycles. The number of carboxylic acids is 1. The Bertz CT molecular complexity index is 4080. The topological polar surface area (TPSA) is 208 Å². The van der Waals surface area contributed by atoms with Crippen molar-refractivity contribution < 1.29 is 39.5 Å². The number of aryl methyl sites for hydroxylation is 2. The van der Waals surface area contributed by atoms with Crippen molar-refractivity contribution >= 4 is 56.8 Å². The summed E-state index contributed by atoms with van der Waals surface area (Å²) in [5.41, 5.74) is 5.34. The number of para-hydroxylation sites is 2. The molecule has 4 N–H and O–H groups in total. The molecule has 2 bridgehead atoms. The number of benzene rings is 6. The molecule has 5 heterocycles. The molecule has 18 nitrogen and oxygen atoms in total. The molecule has 14 rings (SSSR count). The standard InChI is InChI=1S/C20H23NO4.C17H20N2S.C14H23NO.C14H14O3.C8H10N4O2/c22-13-4-3-12-9-15-20(24)6-5-14(23)18-19(20,16(12)17(13)25-18)7-8-21(15)10-11-1-2-11;1-13(18(2)3)12-19-14-8-4-6-10-16(14)20-17-11-7-5-9-15(17)19;1-5-14(11(2)10-15(3)4)12-7-6-8-13(16)9-12;1-9(14(15)16)10-3-4-12-8-13(17-2)6-5-11(12)7-10;1-10-4-9-6-5(10)7(13)12(3)8(14)11(6)2/h3-4,11,15,18,22,24H,1-2,5-10H2;4-11,13H,12H2,1-3H3;6-9,11,14,16H,5,10H2,1-4H3;3-9H,1-2H3,(H,15,16);4H,1-3H3/t15-,18+,19+,20-;;11-,14+;9-;/m1.00./s1. The maximum absolute atomic E-state index is 12.7. The number of phenolic OH excluding ortho intramolecular Hbond substituents is 2. The largest absolute Gasteiger partial charge is 0.508 e. The molecule has 6 aromatic carbocycles. The number of carbonyl (C=O) groups is 2. The number of hydrogen-bond donors (Lipinski definition) is 4. The van der Waals surface area contributed by atoms with Crippen molar-refractivity contribution in [3.05, 3.63) is 171 Å². The van der Waals surface area contributed by atoms with Gasteiger partial charge in [-0.2, -0.15) is 0 Å². The lowest BCUT2D eigenvalue weighted by Gasteiger charge is -2.62. The molecule has 2 saturated carbocycles. The molecule has 8 atom stereocenters. The van der Waals surface area contributed by atoms with Crippen LogP contribution in [0.3, 0.4) is 0 Å². The highest BCUT2D eigenvalue weighted by atomic mass is 32.2. The Labute approximate surface area is 543 Å². The fourth-order valence-electron chi connectivity index (χ4n) is 14.3. The number of fused-ring (bicyclic) bond motifs is 4. The van der Waals surface area contributed by atoms with Gasteiger partial charge in [0, 0.05) is 74.6 Å². The van der Waals surface area contributed by atoms with Gasteiger partial charge in [-0.25, -0.2) is 9.78 Å². The minimum absolute atomic E-state index is 0.0454. The molecule has 0 amide bonds. The zero-order chi connectivity index (χ0) is 66.1. The molecule has 3 fully saturated rings. The lowest BCUT2D eigenvalue weighted by atomic mass is 9.49. The Morgan fingerprint density at radius 2 is 1.49 bits per heavy atom. The minimum Gasteiger partial charge on any atom is -0.508 e. The molecule has 1 unspecified atom stereocenters. The average Bonchev–Trinajstić information content (AvgIpc) is 1.41. The van der Waals surface area contributed by atoms with Crippen molar-refractivity contribution in [3.63, 3.8) is 0 Å². The van der Waals surface area contributed by atoms with Crippen LogP contribution in [0.25, 0.3) is 21.9 Å². The van der Waals surface area contributed by atoms with Gasteiger partial charge in [-0.15, -0.1) is 0 Å². The van der Waals surface area contributed by atoms with E-state index in [1.54, 1.807) is 44.8 Å². The molecule has 0 radical (unpaired) electrons. The number of rotatable bonds is 13. The average molecular weight is 1270 g/mol. The second-order valence-electron chi connectivity index (χ2n) is 26.3. The Morgan fingerprint density at radius 3 is 2.12 bits per heavy atom. The fourth-order valence-corrected chi connectivity index (χ4v) is 15.4. The molecule has 3 aliphatic carbocycles. The first-order chi connectivity index (χ1) is 43.9.